The molecule has 2 N–H and O–H groups in total. The first kappa shape index (κ1) is 16.3. The molecule has 0 atom stereocenters. The summed E-state index contributed by atoms with van der Waals surface area (Å²) in [5.41, 5.74) is 1.05. The molecule has 0 spiro atoms. The Kier molecular flexibility index (Phi) is 7.62. The minimum Gasteiger partial charge on any atom is -0.473 e. The van der Waals surface area contributed by atoms with Gasteiger partial charge in [0.15, 0.2) is 5.78 Å². The summed E-state index contributed by atoms with van der Waals surface area (Å²) in [7, 11) is 2.08. The minimum absolute atomic E-state index is 0.352. The molecule has 6 nitrogen and oxygen atoms in total. The SMILES string of the molecule is CCCC(=O)C1=CCN(C)CC1.O=C(O)C(=O)O. The fourth-order valence-electron chi connectivity index (χ4n) is 1.41. The number of carbonyl (C=O) groups is 3. The topological polar surface area (TPSA) is 94.9 Å². The molecule has 0 saturated carbocycles. The maximum absolute atomic E-state index is 11.4. The van der Waals surface area contributed by atoms with Crippen molar-refractivity contribution >= 4 is 17.7 Å². The largest absolute Gasteiger partial charge is 0.473 e. The van der Waals surface area contributed by atoms with Gasteiger partial charge in [-0.05, 0) is 25.5 Å². The fraction of sp³-hybridized carbons (Fsp3) is 0.583. The van der Waals surface area contributed by atoms with Crippen molar-refractivity contribution in [2.45, 2.75) is 26.2 Å². The van der Waals surface area contributed by atoms with E-state index in [0.29, 0.717) is 5.78 Å². The molecule has 18 heavy (non-hydrogen) atoms. The van der Waals surface area contributed by atoms with E-state index >= 15 is 0 Å². The number of Topliss-reactive ketones (excluding diaryl/α,β-unsaturated/α-hetero) is 1. The lowest BCUT2D eigenvalue weighted by Gasteiger charge is -2.20. The number of carboxylic acid groups (broad SMARTS) is 2. The molecule has 1 aliphatic heterocycles. The van der Waals surface area contributed by atoms with Crippen LogP contribution >= 0.6 is 0 Å². The van der Waals surface area contributed by atoms with Gasteiger partial charge in [0.25, 0.3) is 0 Å². The monoisotopic (exact) mass is 257 g/mol. The number of ketones is 1. The van der Waals surface area contributed by atoms with Crippen molar-refractivity contribution < 1.29 is 24.6 Å². The van der Waals surface area contributed by atoms with Gasteiger partial charge in [-0.15, -0.1) is 0 Å². The molecule has 6 heteroatoms. The smallest absolute Gasteiger partial charge is 0.414 e. The van der Waals surface area contributed by atoms with Crippen molar-refractivity contribution in [1.29, 1.82) is 0 Å². The van der Waals surface area contributed by atoms with Crippen LogP contribution in [0.2, 0.25) is 0 Å². The number of aliphatic carboxylic acids is 2. The molecule has 102 valence electrons. The first-order valence-corrected chi connectivity index (χ1v) is 5.75. The second-order valence-corrected chi connectivity index (χ2v) is 4.03. The maximum Gasteiger partial charge on any atom is 0.414 e. The van der Waals surface area contributed by atoms with Crippen LogP contribution in [0.4, 0.5) is 0 Å². The normalized spacial score (nSPS) is 15.1. The Morgan fingerprint density at radius 1 is 1.28 bits per heavy atom. The number of carboxylic acids is 2. The van der Waals surface area contributed by atoms with Crippen LogP contribution in [0.3, 0.4) is 0 Å². The second-order valence-electron chi connectivity index (χ2n) is 4.03. The van der Waals surface area contributed by atoms with Gasteiger partial charge >= 0.3 is 11.9 Å². The van der Waals surface area contributed by atoms with Gasteiger partial charge in [0.05, 0.1) is 0 Å². The number of hydrogen-bond acceptors (Lipinski definition) is 4. The lowest BCUT2D eigenvalue weighted by molar-refractivity contribution is -0.159. The van der Waals surface area contributed by atoms with Crippen LogP contribution in [0.1, 0.15) is 26.2 Å². The molecule has 0 fully saturated rings. The molecule has 0 aromatic carbocycles. The predicted molar refractivity (Wildman–Crippen MR) is 65.4 cm³/mol. The molecule has 0 aromatic rings. The van der Waals surface area contributed by atoms with E-state index < -0.39 is 11.9 Å². The molecule has 0 amide bonds. The number of likely N-dealkylation sites (N-methyl/N-ethyl adjacent to an activating group) is 1. The summed E-state index contributed by atoms with van der Waals surface area (Å²) in [4.78, 5) is 31.8. The Bertz CT molecular complexity index is 336. The van der Waals surface area contributed by atoms with E-state index in [-0.39, 0.29) is 0 Å². The van der Waals surface area contributed by atoms with Gasteiger partial charge in [-0.25, -0.2) is 9.59 Å². The third-order valence-corrected chi connectivity index (χ3v) is 2.43. The molecule has 0 unspecified atom stereocenters. The maximum atomic E-state index is 11.4. The zero-order chi connectivity index (χ0) is 14.1. The Balaban J connectivity index is 0.000000411. The Hall–Kier alpha value is -1.69. The minimum atomic E-state index is -1.82. The summed E-state index contributed by atoms with van der Waals surface area (Å²) in [5, 5.41) is 14.8. The van der Waals surface area contributed by atoms with E-state index in [0.717, 1.165) is 37.9 Å². The van der Waals surface area contributed by atoms with Crippen molar-refractivity contribution in [1.82, 2.24) is 4.90 Å². The molecule has 0 bridgehead atoms. The molecular formula is C12H19NO5. The van der Waals surface area contributed by atoms with E-state index in [1.807, 2.05) is 6.92 Å². The van der Waals surface area contributed by atoms with Gasteiger partial charge in [-0.3, -0.25) is 4.79 Å². The molecule has 1 heterocycles. The van der Waals surface area contributed by atoms with Gasteiger partial charge in [0.2, 0.25) is 0 Å². The number of hydrogen-bond donors (Lipinski definition) is 2. The van der Waals surface area contributed by atoms with Gasteiger partial charge in [0.1, 0.15) is 0 Å². The van der Waals surface area contributed by atoms with E-state index in [4.69, 9.17) is 19.8 Å². The van der Waals surface area contributed by atoms with Gasteiger partial charge in [-0.2, -0.15) is 0 Å². The van der Waals surface area contributed by atoms with Crippen LogP contribution in [0.15, 0.2) is 11.6 Å². The Morgan fingerprint density at radius 2 is 1.83 bits per heavy atom. The third kappa shape index (κ3) is 6.80. The first-order chi connectivity index (χ1) is 8.38. The van der Waals surface area contributed by atoms with Crippen LogP contribution < -0.4 is 0 Å². The van der Waals surface area contributed by atoms with Crippen molar-refractivity contribution in [2.75, 3.05) is 20.1 Å². The number of rotatable bonds is 3. The highest BCUT2D eigenvalue weighted by Crippen LogP contribution is 2.12. The van der Waals surface area contributed by atoms with Crippen molar-refractivity contribution in [3.05, 3.63) is 11.6 Å². The number of carbonyl (C=O) groups excluding carboxylic acids is 1. The van der Waals surface area contributed by atoms with E-state index in [1.54, 1.807) is 0 Å². The highest BCUT2D eigenvalue weighted by molar-refractivity contribution is 6.27. The lowest BCUT2D eigenvalue weighted by atomic mass is 10.0. The van der Waals surface area contributed by atoms with Gasteiger partial charge < -0.3 is 15.1 Å². The zero-order valence-corrected chi connectivity index (χ0v) is 10.7. The summed E-state index contributed by atoms with van der Waals surface area (Å²) in [6.45, 7) is 4.01. The van der Waals surface area contributed by atoms with E-state index in [9.17, 15) is 4.79 Å². The summed E-state index contributed by atoms with van der Waals surface area (Å²) in [6.07, 6.45) is 4.69. The molecule has 0 aliphatic carbocycles. The molecular weight excluding hydrogens is 238 g/mol. The highest BCUT2D eigenvalue weighted by atomic mass is 16.4. The Morgan fingerprint density at radius 3 is 2.17 bits per heavy atom. The highest BCUT2D eigenvalue weighted by Gasteiger charge is 2.13. The molecule has 1 rings (SSSR count). The third-order valence-electron chi connectivity index (χ3n) is 2.43. The van der Waals surface area contributed by atoms with Crippen molar-refractivity contribution in [2.24, 2.45) is 0 Å². The van der Waals surface area contributed by atoms with E-state index in [1.165, 1.54) is 0 Å². The van der Waals surface area contributed by atoms with Crippen LogP contribution in [0.5, 0.6) is 0 Å². The first-order valence-electron chi connectivity index (χ1n) is 5.75. The summed E-state index contributed by atoms with van der Waals surface area (Å²) in [6, 6.07) is 0. The average molecular weight is 257 g/mol. The van der Waals surface area contributed by atoms with Crippen LogP contribution in [0.25, 0.3) is 0 Å². The van der Waals surface area contributed by atoms with Crippen LogP contribution in [-0.2, 0) is 14.4 Å². The lowest BCUT2D eigenvalue weighted by Crippen LogP contribution is -2.26. The Labute approximate surface area is 106 Å². The zero-order valence-electron chi connectivity index (χ0n) is 10.7. The predicted octanol–water partition coefficient (Wildman–Crippen LogP) is 0.773. The quantitative estimate of drug-likeness (QED) is 0.725. The van der Waals surface area contributed by atoms with Gasteiger partial charge in [0, 0.05) is 19.5 Å². The van der Waals surface area contributed by atoms with Crippen molar-refractivity contribution in [3.8, 4) is 0 Å². The molecule has 0 saturated heterocycles. The standard InChI is InChI=1S/C10H17NO.C2H2O4/c1-3-4-10(12)9-5-7-11(2)8-6-9;3-1(4)2(5)6/h5H,3-4,6-8H2,1-2H3;(H,3,4)(H,5,6). The molecule has 0 radical (unpaired) electrons. The summed E-state index contributed by atoms with van der Waals surface area (Å²) >= 11 is 0. The van der Waals surface area contributed by atoms with Crippen LogP contribution in [0, 0.1) is 0 Å². The van der Waals surface area contributed by atoms with Crippen molar-refractivity contribution in [3.63, 3.8) is 0 Å². The summed E-state index contributed by atoms with van der Waals surface area (Å²) < 4.78 is 0. The molecule has 1 aliphatic rings. The average Bonchev–Trinajstić information content (AvgIpc) is 2.30. The van der Waals surface area contributed by atoms with Gasteiger partial charge in [-0.1, -0.05) is 13.0 Å². The molecule has 0 aromatic heterocycles. The fourth-order valence-corrected chi connectivity index (χ4v) is 1.41. The number of nitrogens with zero attached hydrogens (tertiary/aromatic N) is 1. The second kappa shape index (κ2) is 8.41. The van der Waals surface area contributed by atoms with E-state index in [2.05, 4.69) is 18.0 Å². The van der Waals surface area contributed by atoms with Crippen LogP contribution in [-0.4, -0.2) is 53.0 Å². The summed E-state index contributed by atoms with van der Waals surface area (Å²) in [5.74, 6) is -3.30.